The molecule has 5 nitrogen and oxygen atoms in total. The third kappa shape index (κ3) is 4.06. The molecule has 0 amide bonds. The number of allylic oxidation sites excluding steroid dienone is 1. The molecule has 0 aliphatic heterocycles. The van der Waals surface area contributed by atoms with Gasteiger partial charge in [-0.2, -0.15) is 10.2 Å². The highest BCUT2D eigenvalue weighted by Gasteiger charge is 2.12. The van der Waals surface area contributed by atoms with E-state index in [2.05, 4.69) is 10.2 Å². The number of aromatic nitrogens is 4. The third-order valence-corrected chi connectivity index (χ3v) is 4.65. The first-order valence-corrected chi connectivity index (χ1v) is 8.95. The first kappa shape index (κ1) is 18.4. The molecule has 0 N–H and O–H groups in total. The lowest BCUT2D eigenvalue weighted by Gasteiger charge is -2.03. The molecule has 0 fully saturated rings. The zero-order valence-corrected chi connectivity index (χ0v) is 16.0. The number of carbonyl (C=O) groups is 1. The van der Waals surface area contributed by atoms with Crippen LogP contribution in [-0.2, 0) is 13.1 Å². The Kier molecular flexibility index (Phi) is 5.59. The average molecular weight is 389 g/mol. The van der Waals surface area contributed by atoms with E-state index >= 15 is 0 Å². The standard InChI is InChI=1S/C19H18Cl2N4O/c1-3-24-12-15(10-22-24)18(26)9-8-17-13(2)23-25(19(17)21)11-14-4-6-16(20)7-5-14/h4-10,12H,3,11H2,1-2H3. The van der Waals surface area contributed by atoms with Crippen molar-refractivity contribution < 1.29 is 4.79 Å². The molecule has 1 aromatic carbocycles. The van der Waals surface area contributed by atoms with Crippen molar-refractivity contribution in [2.45, 2.75) is 26.9 Å². The van der Waals surface area contributed by atoms with Gasteiger partial charge in [-0.25, -0.2) is 4.68 Å². The van der Waals surface area contributed by atoms with E-state index in [0.29, 0.717) is 22.3 Å². The molecule has 3 aromatic rings. The fraction of sp³-hybridized carbons (Fsp3) is 0.211. The number of benzene rings is 1. The summed E-state index contributed by atoms with van der Waals surface area (Å²) in [6.07, 6.45) is 6.49. The van der Waals surface area contributed by atoms with Crippen molar-refractivity contribution in [2.24, 2.45) is 0 Å². The smallest absolute Gasteiger partial charge is 0.189 e. The molecule has 0 atom stereocenters. The monoisotopic (exact) mass is 388 g/mol. The minimum absolute atomic E-state index is 0.120. The van der Waals surface area contributed by atoms with E-state index in [4.69, 9.17) is 23.2 Å². The minimum atomic E-state index is -0.120. The molecule has 0 saturated heterocycles. The molecular weight excluding hydrogens is 371 g/mol. The van der Waals surface area contributed by atoms with E-state index in [1.54, 1.807) is 27.8 Å². The van der Waals surface area contributed by atoms with Crippen LogP contribution in [0.5, 0.6) is 0 Å². The molecule has 0 unspecified atom stereocenters. The lowest BCUT2D eigenvalue weighted by molar-refractivity contribution is 0.104. The summed E-state index contributed by atoms with van der Waals surface area (Å²) in [6, 6.07) is 7.52. The van der Waals surface area contributed by atoms with Crippen molar-refractivity contribution in [3.8, 4) is 0 Å². The number of hydrogen-bond acceptors (Lipinski definition) is 3. The number of halogens is 2. The molecule has 7 heteroatoms. The molecule has 0 aliphatic carbocycles. The Bertz CT molecular complexity index is 955. The minimum Gasteiger partial charge on any atom is -0.289 e. The summed E-state index contributed by atoms with van der Waals surface area (Å²) in [6.45, 7) is 5.08. The second-order valence-corrected chi connectivity index (χ2v) is 6.65. The summed E-state index contributed by atoms with van der Waals surface area (Å²) in [5, 5.41) is 9.76. The summed E-state index contributed by atoms with van der Waals surface area (Å²) in [7, 11) is 0. The number of ketones is 1. The molecule has 0 aliphatic rings. The first-order chi connectivity index (χ1) is 12.5. The molecule has 3 rings (SSSR count). The zero-order chi connectivity index (χ0) is 18.7. The van der Waals surface area contributed by atoms with Crippen molar-refractivity contribution in [2.75, 3.05) is 0 Å². The molecule has 2 aromatic heterocycles. The molecule has 26 heavy (non-hydrogen) atoms. The van der Waals surface area contributed by atoms with Crippen LogP contribution in [0.3, 0.4) is 0 Å². The number of nitrogens with zero attached hydrogens (tertiary/aromatic N) is 4. The van der Waals surface area contributed by atoms with E-state index in [1.165, 1.54) is 6.08 Å². The van der Waals surface area contributed by atoms with Crippen LogP contribution in [0.2, 0.25) is 10.2 Å². The van der Waals surface area contributed by atoms with Gasteiger partial charge in [-0.1, -0.05) is 35.3 Å². The van der Waals surface area contributed by atoms with E-state index < -0.39 is 0 Å². The van der Waals surface area contributed by atoms with E-state index in [9.17, 15) is 4.79 Å². The van der Waals surface area contributed by atoms with Crippen LogP contribution in [0, 0.1) is 6.92 Å². The maximum atomic E-state index is 12.3. The lowest BCUT2D eigenvalue weighted by Crippen LogP contribution is -2.01. The van der Waals surface area contributed by atoms with Gasteiger partial charge in [-0.15, -0.1) is 0 Å². The number of hydrogen-bond donors (Lipinski definition) is 0. The summed E-state index contributed by atoms with van der Waals surface area (Å²) < 4.78 is 3.42. The normalized spacial score (nSPS) is 11.4. The number of rotatable bonds is 6. The van der Waals surface area contributed by atoms with Crippen molar-refractivity contribution in [3.05, 3.63) is 75.3 Å². The Hall–Kier alpha value is -2.37. The van der Waals surface area contributed by atoms with Crippen LogP contribution < -0.4 is 0 Å². The average Bonchev–Trinajstić information content (AvgIpc) is 3.21. The summed E-state index contributed by atoms with van der Waals surface area (Å²) in [5.74, 6) is -0.120. The summed E-state index contributed by atoms with van der Waals surface area (Å²) in [5.41, 5.74) is 3.08. The van der Waals surface area contributed by atoms with Gasteiger partial charge < -0.3 is 0 Å². The molecular formula is C19H18Cl2N4O. The van der Waals surface area contributed by atoms with Gasteiger partial charge >= 0.3 is 0 Å². The fourth-order valence-corrected chi connectivity index (χ4v) is 2.97. The van der Waals surface area contributed by atoms with Crippen molar-refractivity contribution in [1.29, 1.82) is 0 Å². The second-order valence-electron chi connectivity index (χ2n) is 5.86. The largest absolute Gasteiger partial charge is 0.289 e. The highest BCUT2D eigenvalue weighted by atomic mass is 35.5. The number of aryl methyl sites for hydroxylation is 2. The van der Waals surface area contributed by atoms with Gasteiger partial charge in [0.25, 0.3) is 0 Å². The van der Waals surface area contributed by atoms with Crippen molar-refractivity contribution >= 4 is 35.1 Å². The highest BCUT2D eigenvalue weighted by Crippen LogP contribution is 2.23. The summed E-state index contributed by atoms with van der Waals surface area (Å²) in [4.78, 5) is 12.3. The SMILES string of the molecule is CCn1cc(C(=O)C=Cc2c(C)nn(Cc3ccc(Cl)cc3)c2Cl)cn1. The number of carbonyl (C=O) groups excluding carboxylic acids is 1. The molecule has 134 valence electrons. The van der Waals surface area contributed by atoms with Crippen LogP contribution in [-0.4, -0.2) is 25.3 Å². The first-order valence-electron chi connectivity index (χ1n) is 8.20. The quantitative estimate of drug-likeness (QED) is 0.455. The van der Waals surface area contributed by atoms with Gasteiger partial charge in [0.1, 0.15) is 5.15 Å². The molecule has 0 radical (unpaired) electrons. The van der Waals surface area contributed by atoms with Crippen LogP contribution >= 0.6 is 23.2 Å². The topological polar surface area (TPSA) is 52.7 Å². The van der Waals surface area contributed by atoms with Crippen LogP contribution in [0.15, 0.2) is 42.7 Å². The van der Waals surface area contributed by atoms with Gasteiger partial charge in [0, 0.05) is 23.3 Å². The summed E-state index contributed by atoms with van der Waals surface area (Å²) >= 11 is 12.4. The van der Waals surface area contributed by atoms with Crippen LogP contribution in [0.25, 0.3) is 6.08 Å². The highest BCUT2D eigenvalue weighted by molar-refractivity contribution is 6.31. The molecule has 0 spiro atoms. The Morgan fingerprint density at radius 1 is 1.23 bits per heavy atom. The zero-order valence-electron chi connectivity index (χ0n) is 14.5. The van der Waals surface area contributed by atoms with Crippen LogP contribution in [0.1, 0.15) is 34.1 Å². The lowest BCUT2D eigenvalue weighted by atomic mass is 10.2. The van der Waals surface area contributed by atoms with E-state index in [-0.39, 0.29) is 5.78 Å². The van der Waals surface area contributed by atoms with Gasteiger partial charge in [-0.05, 0) is 43.7 Å². The predicted octanol–water partition coefficient (Wildman–Crippen LogP) is 4.66. The Balaban J connectivity index is 1.78. The maximum Gasteiger partial charge on any atom is 0.189 e. The molecule has 0 bridgehead atoms. The van der Waals surface area contributed by atoms with Gasteiger partial charge in [0.15, 0.2) is 5.78 Å². The Morgan fingerprint density at radius 3 is 2.62 bits per heavy atom. The Labute approximate surface area is 161 Å². The third-order valence-electron chi connectivity index (χ3n) is 4.00. The van der Waals surface area contributed by atoms with Gasteiger partial charge in [0.05, 0.1) is 24.0 Å². The van der Waals surface area contributed by atoms with Crippen LogP contribution in [0.4, 0.5) is 0 Å². The fourth-order valence-electron chi connectivity index (χ4n) is 2.54. The predicted molar refractivity (Wildman–Crippen MR) is 104 cm³/mol. The second kappa shape index (κ2) is 7.89. The Morgan fingerprint density at radius 2 is 1.96 bits per heavy atom. The van der Waals surface area contributed by atoms with Gasteiger partial charge in [0.2, 0.25) is 0 Å². The maximum absolute atomic E-state index is 12.3. The van der Waals surface area contributed by atoms with Crippen molar-refractivity contribution in [3.63, 3.8) is 0 Å². The van der Waals surface area contributed by atoms with E-state index in [0.717, 1.165) is 23.4 Å². The van der Waals surface area contributed by atoms with Crippen molar-refractivity contribution in [1.82, 2.24) is 19.6 Å². The van der Waals surface area contributed by atoms with E-state index in [1.807, 2.05) is 38.1 Å². The van der Waals surface area contributed by atoms with Gasteiger partial charge in [-0.3, -0.25) is 9.48 Å². The molecule has 2 heterocycles. The molecule has 0 saturated carbocycles.